The first-order valence-electron chi connectivity index (χ1n) is 4.45. The summed E-state index contributed by atoms with van der Waals surface area (Å²) in [4.78, 5) is 17.2. The van der Waals surface area contributed by atoms with Crippen molar-refractivity contribution in [2.75, 3.05) is 0 Å². The fourth-order valence-electron chi connectivity index (χ4n) is 2.41. The summed E-state index contributed by atoms with van der Waals surface area (Å²) in [5.74, 6) is 0.242. The lowest BCUT2D eigenvalue weighted by molar-refractivity contribution is -0.110. The number of allylic oxidation sites excluding steroid dienone is 2. The number of hydrogen-bond acceptors (Lipinski definition) is 3. The highest BCUT2D eigenvalue weighted by atomic mass is 32.1. The van der Waals surface area contributed by atoms with Gasteiger partial charge in [0, 0.05) is 16.7 Å². The molecule has 2 heterocycles. The maximum absolute atomic E-state index is 11.7. The molecule has 0 aromatic carbocycles. The molecule has 2 aliphatic carbocycles. The van der Waals surface area contributed by atoms with Gasteiger partial charge in [-0.05, 0) is 29.2 Å². The van der Waals surface area contributed by atoms with Crippen molar-refractivity contribution in [3.8, 4) is 0 Å². The Hall–Kier alpha value is -1.48. The average molecular weight is 199 g/mol. The van der Waals surface area contributed by atoms with Crippen LogP contribution in [0.3, 0.4) is 0 Å². The van der Waals surface area contributed by atoms with Crippen molar-refractivity contribution in [2.45, 2.75) is 5.41 Å². The van der Waals surface area contributed by atoms with Crippen molar-refractivity contribution in [1.29, 1.82) is 0 Å². The van der Waals surface area contributed by atoms with E-state index in [-0.39, 0.29) is 5.78 Å². The summed E-state index contributed by atoms with van der Waals surface area (Å²) in [5.41, 5.74) is 2.49. The molecule has 0 bridgehead atoms. The first-order valence-corrected chi connectivity index (χ1v) is 5.33. The highest BCUT2D eigenvalue weighted by molar-refractivity contribution is 7.11. The Labute approximate surface area is 84.3 Å². The number of rotatable bonds is 0. The monoisotopic (exact) mass is 199 g/mol. The smallest absolute Gasteiger partial charge is 0.183 e. The van der Waals surface area contributed by atoms with E-state index in [2.05, 4.69) is 4.99 Å². The van der Waals surface area contributed by atoms with Gasteiger partial charge in [-0.25, -0.2) is 0 Å². The predicted molar refractivity (Wildman–Crippen MR) is 55.6 cm³/mol. The molecule has 14 heavy (non-hydrogen) atoms. The number of thiophene rings is 1. The molecule has 0 radical (unpaired) electrons. The van der Waals surface area contributed by atoms with Gasteiger partial charge < -0.3 is 0 Å². The molecule has 2 nitrogen and oxygen atoms in total. The Bertz CT molecular complexity index is 576. The van der Waals surface area contributed by atoms with E-state index in [1.165, 1.54) is 4.88 Å². The molecule has 1 atom stereocenters. The zero-order valence-electron chi connectivity index (χ0n) is 7.15. The van der Waals surface area contributed by atoms with Gasteiger partial charge in [0.2, 0.25) is 0 Å². The van der Waals surface area contributed by atoms with Gasteiger partial charge in [0.1, 0.15) is 5.41 Å². The van der Waals surface area contributed by atoms with Crippen molar-refractivity contribution in [1.82, 2.24) is 0 Å². The number of aliphatic imine (C=N–C) groups is 1. The highest BCUT2D eigenvalue weighted by Crippen LogP contribution is 2.57. The van der Waals surface area contributed by atoms with Crippen LogP contribution in [0.2, 0.25) is 0 Å². The third-order valence-corrected chi connectivity index (χ3v) is 4.02. The molecule has 0 amide bonds. The molecule has 1 fully saturated rings. The third-order valence-electron chi connectivity index (χ3n) is 3.14. The maximum Gasteiger partial charge on any atom is 0.183 e. The van der Waals surface area contributed by atoms with E-state index in [0.717, 1.165) is 16.8 Å². The number of carbonyl (C=O) groups excluding carboxylic acids is 1. The Balaban J connectivity index is 2.15. The van der Waals surface area contributed by atoms with Crippen molar-refractivity contribution in [3.63, 3.8) is 0 Å². The molecule has 1 aliphatic heterocycles. The summed E-state index contributed by atoms with van der Waals surface area (Å²) in [5, 5.41) is 2.04. The summed E-state index contributed by atoms with van der Waals surface area (Å²) in [6, 6.07) is 2.04. The van der Waals surface area contributed by atoms with Crippen LogP contribution in [0.4, 0.5) is 0 Å². The number of carbonyl (C=O) groups is 1. The van der Waals surface area contributed by atoms with Gasteiger partial charge in [-0.1, -0.05) is 0 Å². The van der Waals surface area contributed by atoms with E-state index in [1.807, 2.05) is 23.6 Å². The first-order chi connectivity index (χ1) is 6.85. The van der Waals surface area contributed by atoms with Crippen LogP contribution in [0.5, 0.6) is 0 Å². The molecular weight excluding hydrogens is 194 g/mol. The molecule has 0 saturated heterocycles. The zero-order chi connectivity index (χ0) is 9.34. The molecular formula is C11H5NOS. The quantitative estimate of drug-likeness (QED) is 0.627. The predicted octanol–water partition coefficient (Wildman–Crippen LogP) is 1.93. The number of hydrogen-bond donors (Lipinski definition) is 0. The van der Waals surface area contributed by atoms with Crippen LogP contribution in [0.15, 0.2) is 34.3 Å². The molecule has 1 aromatic rings. The molecule has 0 N–H and O–H groups in total. The largest absolute Gasteiger partial charge is 0.293 e. The summed E-state index contributed by atoms with van der Waals surface area (Å²) >= 11 is 1.68. The van der Waals surface area contributed by atoms with E-state index in [4.69, 9.17) is 0 Å². The van der Waals surface area contributed by atoms with Crippen LogP contribution < -0.4 is 0 Å². The van der Waals surface area contributed by atoms with Gasteiger partial charge in [-0.2, -0.15) is 0 Å². The average Bonchev–Trinajstić information content (AvgIpc) is 2.67. The fraction of sp³-hybridized carbons (Fsp3) is 0.0909. The van der Waals surface area contributed by atoms with Crippen molar-refractivity contribution >= 4 is 28.9 Å². The SMILES string of the molecule is O=C1C2=CN=C3C=Cc4sccc4C123. The Morgan fingerprint density at radius 1 is 1.36 bits per heavy atom. The van der Waals surface area contributed by atoms with E-state index in [1.54, 1.807) is 17.5 Å². The Morgan fingerprint density at radius 3 is 3.14 bits per heavy atom. The highest BCUT2D eigenvalue weighted by Gasteiger charge is 2.67. The lowest BCUT2D eigenvalue weighted by Gasteiger charge is -2.14. The normalized spacial score (nSPS) is 30.4. The van der Waals surface area contributed by atoms with Gasteiger partial charge in [-0.15, -0.1) is 11.3 Å². The number of Topliss-reactive ketones (excluding diaryl/α,β-unsaturated/α-hetero) is 1. The summed E-state index contributed by atoms with van der Waals surface area (Å²) in [7, 11) is 0. The van der Waals surface area contributed by atoms with Gasteiger partial charge in [-0.3, -0.25) is 9.79 Å². The molecule has 3 heteroatoms. The first kappa shape index (κ1) is 6.90. The molecule has 1 aromatic heterocycles. The van der Waals surface area contributed by atoms with Crippen molar-refractivity contribution in [3.05, 3.63) is 39.7 Å². The Morgan fingerprint density at radius 2 is 2.29 bits per heavy atom. The molecule has 1 spiro atoms. The van der Waals surface area contributed by atoms with Gasteiger partial charge >= 0.3 is 0 Å². The van der Waals surface area contributed by atoms with Gasteiger partial charge in [0.25, 0.3) is 0 Å². The van der Waals surface area contributed by atoms with E-state index < -0.39 is 5.41 Å². The van der Waals surface area contributed by atoms with Gasteiger partial charge in [0.15, 0.2) is 5.78 Å². The van der Waals surface area contributed by atoms with Crippen LogP contribution >= 0.6 is 11.3 Å². The number of fused-ring (bicyclic) bond motifs is 1. The summed E-state index contributed by atoms with van der Waals surface area (Å²) in [6.07, 6.45) is 5.73. The number of nitrogens with zero attached hydrogens (tertiary/aromatic N) is 1. The van der Waals surface area contributed by atoms with Gasteiger partial charge in [0.05, 0.1) is 5.71 Å². The lowest BCUT2D eigenvalue weighted by Crippen LogP contribution is -2.22. The molecule has 66 valence electrons. The topological polar surface area (TPSA) is 29.4 Å². The minimum Gasteiger partial charge on any atom is -0.293 e. The molecule has 4 rings (SSSR count). The third kappa shape index (κ3) is 0.481. The molecule has 3 aliphatic rings. The number of ketones is 1. The molecule has 1 unspecified atom stereocenters. The fourth-order valence-corrected chi connectivity index (χ4v) is 3.25. The maximum atomic E-state index is 11.7. The van der Waals surface area contributed by atoms with Crippen LogP contribution in [-0.2, 0) is 10.2 Å². The summed E-state index contributed by atoms with van der Waals surface area (Å²) < 4.78 is 0. The molecule has 1 saturated carbocycles. The standard InChI is InChI=1S/C11H5NOS/c13-10-7-5-12-9-2-1-8-6(3-4-14-8)11(7,9)10/h1-5H. The zero-order valence-corrected chi connectivity index (χ0v) is 7.97. The minimum atomic E-state index is -0.427. The summed E-state index contributed by atoms with van der Waals surface area (Å²) in [6.45, 7) is 0. The van der Waals surface area contributed by atoms with E-state index in [0.29, 0.717) is 0 Å². The van der Waals surface area contributed by atoms with Crippen molar-refractivity contribution in [2.24, 2.45) is 4.99 Å². The van der Waals surface area contributed by atoms with Crippen LogP contribution in [0.25, 0.3) is 6.08 Å². The van der Waals surface area contributed by atoms with Crippen LogP contribution in [-0.4, -0.2) is 11.5 Å². The lowest BCUT2D eigenvalue weighted by atomic mass is 9.87. The van der Waals surface area contributed by atoms with E-state index in [9.17, 15) is 4.79 Å². The Kier molecular flexibility index (Phi) is 0.893. The van der Waals surface area contributed by atoms with E-state index >= 15 is 0 Å². The minimum absolute atomic E-state index is 0.242. The second-order valence-corrected chi connectivity index (χ2v) is 4.62. The second-order valence-electron chi connectivity index (χ2n) is 3.67. The van der Waals surface area contributed by atoms with Crippen LogP contribution in [0.1, 0.15) is 10.4 Å². The second kappa shape index (κ2) is 1.81. The van der Waals surface area contributed by atoms with Crippen molar-refractivity contribution < 1.29 is 4.79 Å². The van der Waals surface area contributed by atoms with Crippen LogP contribution in [0, 0.1) is 0 Å².